The van der Waals surface area contributed by atoms with E-state index < -0.39 is 41.7 Å². The molecule has 0 bridgehead atoms. The normalized spacial score (nSPS) is 20.4. The van der Waals surface area contributed by atoms with Crippen molar-refractivity contribution in [2.24, 2.45) is 0 Å². The Balaban J connectivity index is 0.779. The van der Waals surface area contributed by atoms with Gasteiger partial charge >= 0.3 is 0 Å². The van der Waals surface area contributed by atoms with Gasteiger partial charge in [0, 0.05) is 69.3 Å². The Hall–Kier alpha value is -5.33. The zero-order valence-corrected chi connectivity index (χ0v) is 34.7. The summed E-state index contributed by atoms with van der Waals surface area (Å²) in [6, 6.07) is 10.7. The van der Waals surface area contributed by atoms with Crippen molar-refractivity contribution < 1.29 is 48.1 Å². The Morgan fingerprint density at radius 2 is 1.72 bits per heavy atom. The van der Waals surface area contributed by atoms with Crippen LogP contribution in [-0.2, 0) is 28.7 Å². The summed E-state index contributed by atoms with van der Waals surface area (Å²) in [5.41, 5.74) is 2.64. The molecule has 2 fully saturated rings. The van der Waals surface area contributed by atoms with E-state index >= 15 is 0 Å². The number of anilines is 1. The molecule has 2 aromatic carbocycles. The van der Waals surface area contributed by atoms with Crippen molar-refractivity contribution in [3.63, 3.8) is 0 Å². The van der Waals surface area contributed by atoms with Crippen LogP contribution in [0.4, 0.5) is 5.82 Å². The van der Waals surface area contributed by atoms with Gasteiger partial charge in [-0.05, 0) is 55.0 Å². The van der Waals surface area contributed by atoms with Gasteiger partial charge in [0.15, 0.2) is 5.78 Å². The number of carbonyl (C=O) groups is 6. The first-order valence-corrected chi connectivity index (χ1v) is 21.1. The third-order valence-corrected chi connectivity index (χ3v) is 11.7. The number of ketones is 1. The number of halogens is 1. The molecular formula is C43H50ClN7O10. The number of carbonyl (C=O) groups excluding carboxylic acids is 6. The lowest BCUT2D eigenvalue weighted by molar-refractivity contribution is -0.136. The van der Waals surface area contributed by atoms with Crippen LogP contribution in [0.15, 0.2) is 48.8 Å². The summed E-state index contributed by atoms with van der Waals surface area (Å²) >= 11 is 6.17. The van der Waals surface area contributed by atoms with Crippen molar-refractivity contribution >= 4 is 52.7 Å². The smallest absolute Gasteiger partial charge is 0.266 e. The number of fused-ring (bicyclic) bond motifs is 2. The number of aliphatic hydroxyl groups is 1. The summed E-state index contributed by atoms with van der Waals surface area (Å²) in [4.78, 5) is 90.6. The van der Waals surface area contributed by atoms with E-state index in [2.05, 4.69) is 32.4 Å². The number of nitrogens with zero attached hydrogens (tertiary/aromatic N) is 5. The van der Waals surface area contributed by atoms with Gasteiger partial charge in [0.1, 0.15) is 30.5 Å². The summed E-state index contributed by atoms with van der Waals surface area (Å²) in [6.07, 6.45) is 2.22. The minimum absolute atomic E-state index is 0.00998. The number of hydrogen-bond donors (Lipinski definition) is 3. The van der Waals surface area contributed by atoms with Gasteiger partial charge in [0.2, 0.25) is 17.7 Å². The number of ether oxygens (including phenoxy) is 3. The molecule has 4 aliphatic rings. The number of nitrogens with one attached hydrogen (secondary N) is 2. The maximum absolute atomic E-state index is 13.9. The van der Waals surface area contributed by atoms with Crippen LogP contribution >= 0.6 is 11.6 Å². The molecule has 1 unspecified atom stereocenters. The minimum Gasteiger partial charge on any atom is -0.485 e. The second-order valence-corrected chi connectivity index (χ2v) is 16.0. The van der Waals surface area contributed by atoms with Crippen LogP contribution in [0.25, 0.3) is 0 Å². The largest absolute Gasteiger partial charge is 0.485 e. The maximum Gasteiger partial charge on any atom is 0.266 e. The van der Waals surface area contributed by atoms with Gasteiger partial charge in [-0.2, -0.15) is 0 Å². The molecular weight excluding hydrogens is 810 g/mol. The molecule has 3 N–H and O–H groups in total. The van der Waals surface area contributed by atoms with Crippen molar-refractivity contribution in [1.29, 1.82) is 0 Å². The highest BCUT2D eigenvalue weighted by Crippen LogP contribution is 2.43. The highest BCUT2D eigenvalue weighted by atomic mass is 35.5. The molecule has 1 aromatic heterocycles. The molecule has 61 heavy (non-hydrogen) atoms. The molecule has 0 saturated carbocycles. The molecule has 5 amide bonds. The first kappa shape index (κ1) is 43.7. The summed E-state index contributed by atoms with van der Waals surface area (Å²) < 4.78 is 17.0. The number of rotatable bonds is 19. The van der Waals surface area contributed by atoms with E-state index in [1.807, 2.05) is 17.0 Å². The van der Waals surface area contributed by atoms with Crippen LogP contribution in [0.2, 0.25) is 5.02 Å². The lowest BCUT2D eigenvalue weighted by atomic mass is 9.97. The quantitative estimate of drug-likeness (QED) is 0.117. The molecule has 4 atom stereocenters. The van der Waals surface area contributed by atoms with Crippen molar-refractivity contribution in [2.75, 3.05) is 77.2 Å². The number of aromatic nitrogens is 2. The van der Waals surface area contributed by atoms with Crippen molar-refractivity contribution in [3.05, 3.63) is 81.8 Å². The van der Waals surface area contributed by atoms with Crippen LogP contribution < -0.4 is 20.3 Å². The molecule has 324 valence electrons. The third kappa shape index (κ3) is 10.1. The fourth-order valence-corrected chi connectivity index (χ4v) is 8.40. The standard InChI is InChI=1S/C43H50ClN7O10/c1-26-22-33(53)38-36(26)39(47-25-46-38)49-14-16-50(17-15-49)41(56)31(27-7-9-28(44)10-8-27)23-45-13-19-60-21-20-59-18-3-4-29(52)24-61-34-6-2-5-30-37(34)43(58)51(42(30)57)32-11-12-35(54)48-40(32)55/h2,5-10,25-26,31-33,45,53H,3-4,11-24H2,1H3,(H,48,54,55)/t26-,31-,32?,33-/m1/s1. The summed E-state index contributed by atoms with van der Waals surface area (Å²) in [5.74, 6) is -2.06. The topological polar surface area (TPSA) is 210 Å². The second kappa shape index (κ2) is 20.0. The number of Topliss-reactive ketones (excluding diaryl/α,β-unsaturated/α-hetero) is 1. The average molecular weight is 860 g/mol. The van der Waals surface area contributed by atoms with Gasteiger partial charge in [0.25, 0.3) is 11.8 Å². The first-order valence-electron chi connectivity index (χ1n) is 20.7. The number of amides is 5. The Bertz CT molecular complexity index is 2130. The number of benzene rings is 2. The predicted octanol–water partition coefficient (Wildman–Crippen LogP) is 2.56. The zero-order chi connectivity index (χ0) is 43.0. The molecule has 3 aromatic rings. The number of aliphatic hydroxyl groups excluding tert-OH is 1. The Morgan fingerprint density at radius 3 is 2.48 bits per heavy atom. The van der Waals surface area contributed by atoms with E-state index in [0.717, 1.165) is 21.8 Å². The summed E-state index contributed by atoms with van der Waals surface area (Å²) in [6.45, 7) is 6.42. The SMILES string of the molecule is C[C@@H]1C[C@@H](O)c2ncnc(N3CCN(C(=O)[C@H](CNCCOCCOCCCC(=O)COc4cccc5c4C(=O)N(C4CCC(=O)NC4=O)C5=O)c4ccc(Cl)cc4)CC3)c21. The van der Waals surface area contributed by atoms with E-state index in [4.69, 9.17) is 25.8 Å². The number of imide groups is 2. The predicted molar refractivity (Wildman–Crippen MR) is 220 cm³/mol. The van der Waals surface area contributed by atoms with Crippen LogP contribution in [0.3, 0.4) is 0 Å². The zero-order valence-electron chi connectivity index (χ0n) is 34.0. The van der Waals surface area contributed by atoms with E-state index in [-0.39, 0.29) is 60.4 Å². The van der Waals surface area contributed by atoms with Crippen LogP contribution in [0.5, 0.6) is 5.75 Å². The van der Waals surface area contributed by atoms with Crippen molar-refractivity contribution in [2.45, 2.75) is 63.0 Å². The van der Waals surface area contributed by atoms with Gasteiger partial charge in [-0.1, -0.05) is 36.7 Å². The number of hydrogen-bond acceptors (Lipinski definition) is 14. The lowest BCUT2D eigenvalue weighted by Crippen LogP contribution is -2.54. The lowest BCUT2D eigenvalue weighted by Gasteiger charge is -2.38. The highest BCUT2D eigenvalue weighted by molar-refractivity contribution is 6.30. The van der Waals surface area contributed by atoms with E-state index in [0.29, 0.717) is 89.3 Å². The average Bonchev–Trinajstić information content (AvgIpc) is 3.70. The summed E-state index contributed by atoms with van der Waals surface area (Å²) in [7, 11) is 0. The third-order valence-electron chi connectivity index (χ3n) is 11.4. The number of piperidine rings is 1. The fourth-order valence-electron chi connectivity index (χ4n) is 8.27. The number of piperazine rings is 1. The van der Waals surface area contributed by atoms with Gasteiger partial charge in [-0.25, -0.2) is 9.97 Å². The van der Waals surface area contributed by atoms with Gasteiger partial charge in [-0.3, -0.25) is 39.0 Å². The monoisotopic (exact) mass is 859 g/mol. The molecule has 1 aliphatic carbocycles. The van der Waals surface area contributed by atoms with Gasteiger partial charge in [0.05, 0.1) is 48.7 Å². The van der Waals surface area contributed by atoms with Gasteiger partial charge < -0.3 is 34.4 Å². The fraction of sp³-hybridized carbons (Fsp3) is 0.488. The van der Waals surface area contributed by atoms with E-state index in [1.165, 1.54) is 24.5 Å². The second-order valence-electron chi connectivity index (χ2n) is 15.6. The van der Waals surface area contributed by atoms with E-state index in [1.54, 1.807) is 12.1 Å². The maximum atomic E-state index is 13.9. The Labute approximate surface area is 358 Å². The Kier molecular flexibility index (Phi) is 14.4. The van der Waals surface area contributed by atoms with Gasteiger partial charge in [-0.15, -0.1) is 0 Å². The molecule has 4 heterocycles. The van der Waals surface area contributed by atoms with Crippen molar-refractivity contribution in [3.8, 4) is 5.75 Å². The van der Waals surface area contributed by atoms with E-state index in [9.17, 15) is 33.9 Å². The molecule has 3 aliphatic heterocycles. The molecule has 0 radical (unpaired) electrons. The highest BCUT2D eigenvalue weighted by Gasteiger charge is 2.46. The Morgan fingerprint density at radius 1 is 0.967 bits per heavy atom. The summed E-state index contributed by atoms with van der Waals surface area (Å²) in [5, 5.41) is 16.6. The van der Waals surface area contributed by atoms with Crippen LogP contribution in [0, 0.1) is 0 Å². The minimum atomic E-state index is -1.10. The van der Waals surface area contributed by atoms with Crippen molar-refractivity contribution in [1.82, 2.24) is 30.4 Å². The molecule has 0 spiro atoms. The molecule has 18 heteroatoms. The van der Waals surface area contributed by atoms with Crippen LogP contribution in [-0.4, -0.2) is 139 Å². The van der Waals surface area contributed by atoms with Crippen LogP contribution in [0.1, 0.15) is 94.5 Å². The molecule has 17 nitrogen and oxygen atoms in total. The molecule has 2 saturated heterocycles. The molecule has 7 rings (SSSR count). The first-order chi connectivity index (χ1) is 29.5.